The lowest BCUT2D eigenvalue weighted by molar-refractivity contribution is -0.123. The number of anilines is 1. The molecule has 7 heteroatoms. The molecule has 2 heterocycles. The summed E-state index contributed by atoms with van der Waals surface area (Å²) < 4.78 is 5.70. The van der Waals surface area contributed by atoms with E-state index in [0.29, 0.717) is 28.7 Å². The highest BCUT2D eigenvalue weighted by Crippen LogP contribution is 2.33. The first-order valence-corrected chi connectivity index (χ1v) is 13.0. The molecule has 0 saturated carbocycles. The van der Waals surface area contributed by atoms with E-state index in [2.05, 4.69) is 24.1 Å². The van der Waals surface area contributed by atoms with Crippen molar-refractivity contribution in [1.29, 1.82) is 0 Å². The number of aryl methyl sites for hydroxylation is 2. The van der Waals surface area contributed by atoms with Crippen LogP contribution in [-0.4, -0.2) is 36.1 Å². The first kappa shape index (κ1) is 25.1. The molecule has 1 aliphatic heterocycles. The molecule has 1 aromatic heterocycles. The van der Waals surface area contributed by atoms with Crippen LogP contribution in [0.3, 0.4) is 0 Å². The highest BCUT2D eigenvalue weighted by atomic mass is 32.1. The third kappa shape index (κ3) is 5.80. The van der Waals surface area contributed by atoms with Gasteiger partial charge in [-0.05, 0) is 55.9 Å². The van der Waals surface area contributed by atoms with Gasteiger partial charge in [-0.25, -0.2) is 4.98 Å². The molecule has 1 aliphatic rings. The number of ether oxygens (including phenoxy) is 1. The lowest BCUT2D eigenvalue weighted by atomic mass is 10.00. The first-order chi connectivity index (χ1) is 16.8. The molecule has 1 saturated heterocycles. The Kier molecular flexibility index (Phi) is 7.98. The summed E-state index contributed by atoms with van der Waals surface area (Å²) in [5, 5.41) is 3.88. The zero-order chi connectivity index (χ0) is 24.9. The molecule has 1 fully saturated rings. The van der Waals surface area contributed by atoms with Gasteiger partial charge in [0.2, 0.25) is 5.91 Å². The molecule has 35 heavy (non-hydrogen) atoms. The van der Waals surface area contributed by atoms with Gasteiger partial charge in [0.15, 0.2) is 0 Å². The second-order valence-electron chi connectivity index (χ2n) is 9.26. The van der Waals surface area contributed by atoms with Crippen LogP contribution in [-0.2, 0) is 9.53 Å². The zero-order valence-electron chi connectivity index (χ0n) is 20.8. The SMILES string of the molecule is Cc1nc(C)c(C(=O)N(c2ccc(C(C)C)cc2)[C@H](C(=O)NC[C@@H]2CCCO2)c2ccccc2)s1. The van der Waals surface area contributed by atoms with Crippen molar-refractivity contribution in [2.75, 3.05) is 18.1 Å². The molecule has 2 atom stereocenters. The van der Waals surface area contributed by atoms with E-state index in [4.69, 9.17) is 4.74 Å². The van der Waals surface area contributed by atoms with Gasteiger partial charge >= 0.3 is 0 Å². The predicted molar refractivity (Wildman–Crippen MR) is 140 cm³/mol. The Morgan fingerprint density at radius 1 is 1.09 bits per heavy atom. The van der Waals surface area contributed by atoms with Crippen molar-refractivity contribution in [3.8, 4) is 0 Å². The van der Waals surface area contributed by atoms with Crippen molar-refractivity contribution in [2.45, 2.75) is 58.6 Å². The van der Waals surface area contributed by atoms with Crippen LogP contribution in [0.25, 0.3) is 0 Å². The van der Waals surface area contributed by atoms with E-state index in [1.54, 1.807) is 4.90 Å². The van der Waals surface area contributed by atoms with E-state index in [9.17, 15) is 9.59 Å². The molecular formula is C28H33N3O3S. The van der Waals surface area contributed by atoms with Gasteiger partial charge in [0.25, 0.3) is 5.91 Å². The van der Waals surface area contributed by atoms with Crippen LogP contribution in [0, 0.1) is 13.8 Å². The van der Waals surface area contributed by atoms with Crippen LogP contribution < -0.4 is 10.2 Å². The summed E-state index contributed by atoms with van der Waals surface area (Å²) in [5.41, 5.74) is 3.27. The normalized spacial score (nSPS) is 16.3. The Balaban J connectivity index is 1.77. The molecule has 6 nitrogen and oxygen atoms in total. The van der Waals surface area contributed by atoms with Crippen LogP contribution >= 0.6 is 11.3 Å². The molecule has 184 valence electrons. The van der Waals surface area contributed by atoms with Gasteiger partial charge in [0.1, 0.15) is 10.9 Å². The molecule has 0 radical (unpaired) electrons. The lowest BCUT2D eigenvalue weighted by Gasteiger charge is -2.32. The third-order valence-corrected chi connectivity index (χ3v) is 7.37. The third-order valence-electron chi connectivity index (χ3n) is 6.30. The maximum absolute atomic E-state index is 14.1. The summed E-state index contributed by atoms with van der Waals surface area (Å²) in [7, 11) is 0. The Hall–Kier alpha value is -3.03. The number of benzene rings is 2. The van der Waals surface area contributed by atoms with Crippen LogP contribution in [0.2, 0.25) is 0 Å². The molecule has 0 unspecified atom stereocenters. The average molecular weight is 492 g/mol. The van der Waals surface area contributed by atoms with Crippen molar-refractivity contribution in [1.82, 2.24) is 10.3 Å². The fourth-order valence-corrected chi connectivity index (χ4v) is 5.27. The number of aromatic nitrogens is 1. The van der Waals surface area contributed by atoms with Crippen molar-refractivity contribution >= 4 is 28.8 Å². The summed E-state index contributed by atoms with van der Waals surface area (Å²) in [6, 6.07) is 16.6. The Morgan fingerprint density at radius 3 is 2.37 bits per heavy atom. The number of nitrogens with zero attached hydrogens (tertiary/aromatic N) is 2. The van der Waals surface area contributed by atoms with Gasteiger partial charge in [0.05, 0.1) is 16.8 Å². The fraction of sp³-hybridized carbons (Fsp3) is 0.393. The second kappa shape index (κ2) is 11.1. The van der Waals surface area contributed by atoms with E-state index in [-0.39, 0.29) is 17.9 Å². The summed E-state index contributed by atoms with van der Waals surface area (Å²) >= 11 is 1.36. The minimum absolute atomic E-state index is 0.0104. The number of rotatable bonds is 8. The van der Waals surface area contributed by atoms with Gasteiger partial charge in [-0.1, -0.05) is 56.3 Å². The number of carbonyl (C=O) groups is 2. The molecule has 2 amide bonds. The minimum atomic E-state index is -0.836. The number of hydrogen-bond donors (Lipinski definition) is 1. The van der Waals surface area contributed by atoms with E-state index >= 15 is 0 Å². The quantitative estimate of drug-likeness (QED) is 0.447. The smallest absolute Gasteiger partial charge is 0.271 e. The number of thiazole rings is 1. The summed E-state index contributed by atoms with van der Waals surface area (Å²) in [4.78, 5) is 34.4. The van der Waals surface area contributed by atoms with Crippen LogP contribution in [0.5, 0.6) is 0 Å². The number of amides is 2. The van der Waals surface area contributed by atoms with Crippen LogP contribution in [0.1, 0.15) is 70.1 Å². The van der Waals surface area contributed by atoms with E-state index in [1.165, 1.54) is 16.9 Å². The summed E-state index contributed by atoms with van der Waals surface area (Å²) in [5.74, 6) is -0.0994. The number of hydrogen-bond acceptors (Lipinski definition) is 5. The van der Waals surface area contributed by atoms with Crippen molar-refractivity contribution < 1.29 is 14.3 Å². The number of nitrogens with one attached hydrogen (secondary N) is 1. The van der Waals surface area contributed by atoms with E-state index in [1.807, 2.05) is 68.4 Å². The van der Waals surface area contributed by atoms with Gasteiger partial charge in [0, 0.05) is 18.8 Å². The first-order valence-electron chi connectivity index (χ1n) is 12.2. The largest absolute Gasteiger partial charge is 0.376 e. The highest BCUT2D eigenvalue weighted by Gasteiger charge is 2.35. The molecular weight excluding hydrogens is 458 g/mol. The summed E-state index contributed by atoms with van der Waals surface area (Å²) in [6.07, 6.45) is 1.94. The van der Waals surface area contributed by atoms with Crippen molar-refractivity contribution in [3.05, 3.63) is 81.3 Å². The van der Waals surface area contributed by atoms with Crippen molar-refractivity contribution in [2.24, 2.45) is 0 Å². The van der Waals surface area contributed by atoms with Crippen LogP contribution in [0.4, 0.5) is 5.69 Å². The number of carbonyl (C=O) groups excluding carboxylic acids is 2. The zero-order valence-corrected chi connectivity index (χ0v) is 21.6. The monoisotopic (exact) mass is 491 g/mol. The topological polar surface area (TPSA) is 71.5 Å². The van der Waals surface area contributed by atoms with E-state index < -0.39 is 6.04 Å². The Morgan fingerprint density at radius 2 is 1.80 bits per heavy atom. The van der Waals surface area contributed by atoms with Crippen molar-refractivity contribution in [3.63, 3.8) is 0 Å². The van der Waals surface area contributed by atoms with Gasteiger partial charge in [-0.3, -0.25) is 14.5 Å². The average Bonchev–Trinajstić information content (AvgIpc) is 3.50. The standard InChI is InChI=1S/C28H33N3O3S/c1-18(2)21-12-14-23(15-13-21)31(28(33)26-19(3)30-20(4)35-26)25(22-9-6-5-7-10-22)27(32)29-17-24-11-8-16-34-24/h5-7,9-10,12-15,18,24-25H,8,11,16-17H2,1-4H3,(H,29,32)/t24-,25-/m0/s1. The maximum Gasteiger partial charge on any atom is 0.271 e. The van der Waals surface area contributed by atoms with Gasteiger partial charge < -0.3 is 10.1 Å². The molecule has 4 rings (SSSR count). The molecule has 0 aliphatic carbocycles. The maximum atomic E-state index is 14.1. The highest BCUT2D eigenvalue weighted by molar-refractivity contribution is 7.13. The fourth-order valence-electron chi connectivity index (χ4n) is 4.41. The Bertz CT molecular complexity index is 1150. The van der Waals surface area contributed by atoms with Gasteiger partial charge in [-0.2, -0.15) is 0 Å². The predicted octanol–water partition coefficient (Wildman–Crippen LogP) is 5.57. The molecule has 2 aromatic carbocycles. The molecule has 3 aromatic rings. The molecule has 0 spiro atoms. The van der Waals surface area contributed by atoms with E-state index in [0.717, 1.165) is 30.0 Å². The molecule has 0 bridgehead atoms. The van der Waals surface area contributed by atoms with Gasteiger partial charge in [-0.15, -0.1) is 11.3 Å². The van der Waals surface area contributed by atoms with Crippen LogP contribution in [0.15, 0.2) is 54.6 Å². The second-order valence-corrected chi connectivity index (χ2v) is 10.5. The molecule has 1 N–H and O–H groups in total. The minimum Gasteiger partial charge on any atom is -0.376 e. The lowest BCUT2D eigenvalue weighted by Crippen LogP contribution is -2.45. The summed E-state index contributed by atoms with van der Waals surface area (Å²) in [6.45, 7) is 9.14. The Labute approximate surface area is 211 Å².